The number of rotatable bonds is 4. The van der Waals surface area contributed by atoms with Crippen LogP contribution < -0.4 is 10.5 Å². The molecular formula is C16H18N2O3. The van der Waals surface area contributed by atoms with E-state index in [0.29, 0.717) is 22.7 Å². The highest BCUT2D eigenvalue weighted by atomic mass is 16.5. The summed E-state index contributed by atoms with van der Waals surface area (Å²) in [5.74, 6) is 0.994. The quantitative estimate of drug-likeness (QED) is 0.845. The summed E-state index contributed by atoms with van der Waals surface area (Å²) in [4.78, 5) is 13.3. The Labute approximate surface area is 123 Å². The van der Waals surface area contributed by atoms with Gasteiger partial charge in [-0.3, -0.25) is 4.79 Å². The van der Waals surface area contributed by atoms with Crippen LogP contribution in [-0.2, 0) is 6.61 Å². The second-order valence-corrected chi connectivity index (χ2v) is 4.86. The van der Waals surface area contributed by atoms with Gasteiger partial charge in [-0.1, -0.05) is 12.1 Å². The second-order valence-electron chi connectivity index (χ2n) is 4.86. The van der Waals surface area contributed by atoms with Gasteiger partial charge in [0.1, 0.15) is 11.5 Å². The Kier molecular flexibility index (Phi) is 4.45. The number of aliphatic hydroxyl groups excluding tert-OH is 1. The van der Waals surface area contributed by atoms with E-state index in [9.17, 15) is 4.79 Å². The number of carbonyl (C=O) groups is 1. The first-order valence-corrected chi connectivity index (χ1v) is 6.50. The third-order valence-electron chi connectivity index (χ3n) is 3.00. The summed E-state index contributed by atoms with van der Waals surface area (Å²) in [6.07, 6.45) is 0. The molecule has 0 heterocycles. The minimum Gasteiger partial charge on any atom is -0.455 e. The number of hydrogen-bond acceptors (Lipinski definition) is 4. The maximum Gasteiger partial charge on any atom is 0.253 e. The summed E-state index contributed by atoms with van der Waals surface area (Å²) in [5, 5.41) is 8.99. The van der Waals surface area contributed by atoms with Crippen molar-refractivity contribution in [1.29, 1.82) is 0 Å². The predicted molar refractivity (Wildman–Crippen MR) is 81.3 cm³/mol. The molecule has 3 N–H and O–H groups in total. The minimum absolute atomic E-state index is 0.0102. The summed E-state index contributed by atoms with van der Waals surface area (Å²) in [7, 11) is 3.37. The molecule has 0 atom stereocenters. The number of nitrogen functional groups attached to an aromatic ring is 1. The summed E-state index contributed by atoms with van der Waals surface area (Å²) < 4.78 is 5.67. The number of benzene rings is 2. The lowest BCUT2D eigenvalue weighted by molar-refractivity contribution is 0.0827. The van der Waals surface area contributed by atoms with E-state index in [1.54, 1.807) is 56.6 Å². The molecule has 0 aromatic heterocycles. The summed E-state index contributed by atoms with van der Waals surface area (Å²) in [5.41, 5.74) is 7.65. The number of ether oxygens (including phenoxy) is 1. The molecule has 5 heteroatoms. The Morgan fingerprint density at radius 3 is 2.38 bits per heavy atom. The number of nitrogens with zero attached hydrogens (tertiary/aromatic N) is 1. The zero-order valence-electron chi connectivity index (χ0n) is 12.0. The Bertz CT molecular complexity index is 636. The third-order valence-corrected chi connectivity index (χ3v) is 3.00. The second kappa shape index (κ2) is 6.28. The highest BCUT2D eigenvalue weighted by Crippen LogP contribution is 2.28. The van der Waals surface area contributed by atoms with Gasteiger partial charge in [-0.25, -0.2) is 0 Å². The average Bonchev–Trinajstić information content (AvgIpc) is 2.49. The molecule has 2 aromatic rings. The Morgan fingerprint density at radius 2 is 1.86 bits per heavy atom. The molecule has 0 fully saturated rings. The summed E-state index contributed by atoms with van der Waals surface area (Å²) >= 11 is 0. The van der Waals surface area contributed by atoms with Crippen LogP contribution >= 0.6 is 0 Å². The first-order chi connectivity index (χ1) is 10.0. The Morgan fingerprint density at radius 1 is 1.19 bits per heavy atom. The van der Waals surface area contributed by atoms with Crippen molar-refractivity contribution >= 4 is 11.6 Å². The van der Waals surface area contributed by atoms with Gasteiger partial charge in [-0.2, -0.15) is 0 Å². The molecule has 0 aliphatic heterocycles. The molecule has 110 valence electrons. The van der Waals surface area contributed by atoms with Crippen LogP contribution in [0.3, 0.4) is 0 Å². The summed E-state index contributed by atoms with van der Waals surface area (Å²) in [6.45, 7) is -0.0102. The van der Waals surface area contributed by atoms with Crippen molar-refractivity contribution in [1.82, 2.24) is 4.90 Å². The van der Waals surface area contributed by atoms with Crippen molar-refractivity contribution < 1.29 is 14.6 Å². The van der Waals surface area contributed by atoms with Gasteiger partial charge in [-0.15, -0.1) is 0 Å². The first-order valence-electron chi connectivity index (χ1n) is 6.50. The van der Waals surface area contributed by atoms with E-state index in [-0.39, 0.29) is 12.5 Å². The van der Waals surface area contributed by atoms with E-state index >= 15 is 0 Å². The lowest BCUT2D eigenvalue weighted by Gasteiger charge is -2.13. The van der Waals surface area contributed by atoms with Crippen molar-refractivity contribution in [3.8, 4) is 11.5 Å². The van der Waals surface area contributed by atoms with Crippen LogP contribution in [0.15, 0.2) is 42.5 Å². The van der Waals surface area contributed by atoms with Crippen LogP contribution in [-0.4, -0.2) is 30.0 Å². The Hall–Kier alpha value is -2.53. The maximum absolute atomic E-state index is 11.8. The van der Waals surface area contributed by atoms with Crippen LogP contribution in [0, 0.1) is 0 Å². The molecule has 0 bridgehead atoms. The first kappa shape index (κ1) is 14.9. The van der Waals surface area contributed by atoms with E-state index in [2.05, 4.69) is 0 Å². The van der Waals surface area contributed by atoms with Crippen molar-refractivity contribution in [2.45, 2.75) is 6.61 Å². The van der Waals surface area contributed by atoms with Gasteiger partial charge in [0.25, 0.3) is 5.91 Å². The molecule has 2 aromatic carbocycles. The van der Waals surface area contributed by atoms with Crippen LogP contribution in [0.4, 0.5) is 5.69 Å². The van der Waals surface area contributed by atoms with Gasteiger partial charge < -0.3 is 20.5 Å². The van der Waals surface area contributed by atoms with Crippen LogP contribution in [0.25, 0.3) is 0 Å². The van der Waals surface area contributed by atoms with Crippen LogP contribution in [0.1, 0.15) is 15.9 Å². The van der Waals surface area contributed by atoms with Gasteiger partial charge in [0.2, 0.25) is 0 Å². The standard InChI is InChI=1S/C16H18N2O3/c1-18(2)16(20)12-5-8-15(14(17)9-12)21-13-6-3-11(10-19)4-7-13/h3-9,19H,10,17H2,1-2H3. The maximum atomic E-state index is 11.8. The number of anilines is 1. The average molecular weight is 286 g/mol. The molecule has 0 saturated heterocycles. The smallest absolute Gasteiger partial charge is 0.253 e. The van der Waals surface area contributed by atoms with Crippen molar-refractivity contribution in [2.24, 2.45) is 0 Å². The van der Waals surface area contributed by atoms with E-state index in [1.807, 2.05) is 0 Å². The highest BCUT2D eigenvalue weighted by Gasteiger charge is 2.11. The SMILES string of the molecule is CN(C)C(=O)c1ccc(Oc2ccc(CO)cc2)c(N)c1. The van der Waals surface area contributed by atoms with E-state index in [4.69, 9.17) is 15.6 Å². The monoisotopic (exact) mass is 286 g/mol. The largest absolute Gasteiger partial charge is 0.455 e. The van der Waals surface area contributed by atoms with E-state index in [0.717, 1.165) is 5.56 Å². The molecule has 1 amide bonds. The van der Waals surface area contributed by atoms with Gasteiger partial charge in [0.05, 0.1) is 12.3 Å². The molecule has 0 aliphatic rings. The van der Waals surface area contributed by atoms with Crippen molar-refractivity contribution in [2.75, 3.05) is 19.8 Å². The number of carbonyl (C=O) groups excluding carboxylic acids is 1. The highest BCUT2D eigenvalue weighted by molar-refractivity contribution is 5.95. The van der Waals surface area contributed by atoms with Crippen LogP contribution in [0.2, 0.25) is 0 Å². The topological polar surface area (TPSA) is 75.8 Å². The fourth-order valence-electron chi connectivity index (χ4n) is 1.82. The molecule has 0 saturated carbocycles. The van der Waals surface area contributed by atoms with E-state index < -0.39 is 0 Å². The lowest BCUT2D eigenvalue weighted by Crippen LogP contribution is -2.21. The molecule has 0 spiro atoms. The van der Waals surface area contributed by atoms with Crippen LogP contribution in [0.5, 0.6) is 11.5 Å². The van der Waals surface area contributed by atoms with Crippen molar-refractivity contribution in [3.05, 3.63) is 53.6 Å². The van der Waals surface area contributed by atoms with Gasteiger partial charge in [0.15, 0.2) is 0 Å². The number of nitrogens with two attached hydrogens (primary N) is 1. The molecule has 0 radical (unpaired) electrons. The lowest BCUT2D eigenvalue weighted by atomic mass is 10.1. The fraction of sp³-hybridized carbons (Fsp3) is 0.188. The number of aliphatic hydroxyl groups is 1. The normalized spacial score (nSPS) is 10.2. The Balaban J connectivity index is 2.19. The van der Waals surface area contributed by atoms with Gasteiger partial charge >= 0.3 is 0 Å². The van der Waals surface area contributed by atoms with Gasteiger partial charge in [0, 0.05) is 19.7 Å². The minimum atomic E-state index is -0.111. The zero-order valence-corrected chi connectivity index (χ0v) is 12.0. The molecule has 0 unspecified atom stereocenters. The molecule has 2 rings (SSSR count). The predicted octanol–water partition coefficient (Wildman–Crippen LogP) is 2.26. The third kappa shape index (κ3) is 3.52. The summed E-state index contributed by atoms with van der Waals surface area (Å²) in [6, 6.07) is 12.0. The van der Waals surface area contributed by atoms with E-state index in [1.165, 1.54) is 4.90 Å². The number of amides is 1. The number of hydrogen-bond donors (Lipinski definition) is 2. The van der Waals surface area contributed by atoms with Crippen molar-refractivity contribution in [3.63, 3.8) is 0 Å². The fourth-order valence-corrected chi connectivity index (χ4v) is 1.82. The molecule has 21 heavy (non-hydrogen) atoms. The van der Waals surface area contributed by atoms with Gasteiger partial charge in [-0.05, 0) is 35.9 Å². The molecule has 5 nitrogen and oxygen atoms in total. The molecular weight excluding hydrogens is 268 g/mol. The molecule has 0 aliphatic carbocycles. The zero-order chi connectivity index (χ0) is 15.4.